The quantitative estimate of drug-likeness (QED) is 0.693. The molecule has 0 aromatic carbocycles. The average Bonchev–Trinajstić information content (AvgIpc) is 2.45. The molecule has 92 valence electrons. The van der Waals surface area contributed by atoms with Crippen molar-refractivity contribution < 1.29 is 19.4 Å². The molecule has 1 unspecified atom stereocenters. The molecule has 1 atom stereocenters. The molecular formula is C10H18N2O4. The first-order chi connectivity index (χ1) is 7.17. The van der Waals surface area contributed by atoms with Crippen molar-refractivity contribution in [2.45, 2.75) is 44.9 Å². The minimum absolute atomic E-state index is 0.252. The number of hydrogen-bond acceptors (Lipinski definition) is 4. The van der Waals surface area contributed by atoms with Crippen molar-refractivity contribution >= 4 is 12.1 Å². The SMILES string of the molecule is CC(C)(C)OC(=O)N1CCCC1(N)C(=O)O. The van der Waals surface area contributed by atoms with Crippen LogP contribution in [0.3, 0.4) is 0 Å². The van der Waals surface area contributed by atoms with Crippen LogP contribution in [-0.4, -0.2) is 39.9 Å². The maximum absolute atomic E-state index is 11.7. The maximum Gasteiger partial charge on any atom is 0.412 e. The topological polar surface area (TPSA) is 92.9 Å². The van der Waals surface area contributed by atoms with Crippen molar-refractivity contribution in [1.29, 1.82) is 0 Å². The summed E-state index contributed by atoms with van der Waals surface area (Å²) >= 11 is 0. The number of carboxylic acid groups (broad SMARTS) is 1. The average molecular weight is 230 g/mol. The van der Waals surface area contributed by atoms with E-state index in [4.69, 9.17) is 15.6 Å². The van der Waals surface area contributed by atoms with E-state index in [1.807, 2.05) is 0 Å². The lowest BCUT2D eigenvalue weighted by molar-refractivity contribution is -0.149. The highest BCUT2D eigenvalue weighted by molar-refractivity contribution is 5.84. The van der Waals surface area contributed by atoms with E-state index in [1.165, 1.54) is 0 Å². The van der Waals surface area contributed by atoms with E-state index in [9.17, 15) is 9.59 Å². The highest BCUT2D eigenvalue weighted by Crippen LogP contribution is 2.26. The van der Waals surface area contributed by atoms with Crippen LogP contribution in [0.5, 0.6) is 0 Å². The van der Waals surface area contributed by atoms with Gasteiger partial charge in [0.1, 0.15) is 5.60 Å². The van der Waals surface area contributed by atoms with Gasteiger partial charge in [0, 0.05) is 6.54 Å². The van der Waals surface area contributed by atoms with E-state index in [1.54, 1.807) is 20.8 Å². The molecular weight excluding hydrogens is 212 g/mol. The van der Waals surface area contributed by atoms with Gasteiger partial charge in [-0.3, -0.25) is 10.6 Å². The largest absolute Gasteiger partial charge is 0.478 e. The van der Waals surface area contributed by atoms with Crippen LogP contribution in [0.15, 0.2) is 0 Å². The Hall–Kier alpha value is -1.30. The van der Waals surface area contributed by atoms with Crippen molar-refractivity contribution in [3.8, 4) is 0 Å². The molecule has 1 heterocycles. The molecule has 3 N–H and O–H groups in total. The lowest BCUT2D eigenvalue weighted by atomic mass is 10.1. The molecule has 0 aliphatic carbocycles. The molecule has 0 aromatic heterocycles. The zero-order chi connectivity index (χ0) is 12.6. The molecule has 1 amide bonds. The summed E-state index contributed by atoms with van der Waals surface area (Å²) < 4.78 is 5.11. The monoisotopic (exact) mass is 230 g/mol. The molecule has 1 rings (SSSR count). The van der Waals surface area contributed by atoms with Gasteiger partial charge in [0.25, 0.3) is 0 Å². The molecule has 0 bridgehead atoms. The lowest BCUT2D eigenvalue weighted by Crippen LogP contribution is -2.60. The molecule has 1 aliphatic heterocycles. The highest BCUT2D eigenvalue weighted by Gasteiger charge is 2.48. The number of carbonyl (C=O) groups is 2. The third-order valence-electron chi connectivity index (χ3n) is 2.41. The van der Waals surface area contributed by atoms with Gasteiger partial charge in [-0.25, -0.2) is 9.59 Å². The third kappa shape index (κ3) is 2.44. The first kappa shape index (κ1) is 12.8. The van der Waals surface area contributed by atoms with E-state index < -0.39 is 23.3 Å². The van der Waals surface area contributed by atoms with E-state index in [0.717, 1.165) is 4.90 Å². The maximum atomic E-state index is 11.7. The van der Waals surface area contributed by atoms with Gasteiger partial charge in [-0.1, -0.05) is 0 Å². The van der Waals surface area contributed by atoms with Gasteiger partial charge in [0.15, 0.2) is 5.66 Å². The predicted octanol–water partition coefficient (Wildman–Crippen LogP) is 0.757. The second kappa shape index (κ2) is 3.93. The molecule has 0 saturated carbocycles. The second-order valence-corrected chi connectivity index (χ2v) is 4.96. The fourth-order valence-corrected chi connectivity index (χ4v) is 1.63. The Morgan fingerprint density at radius 3 is 2.44 bits per heavy atom. The number of nitrogens with two attached hydrogens (primary N) is 1. The zero-order valence-electron chi connectivity index (χ0n) is 9.82. The minimum atomic E-state index is -1.62. The van der Waals surface area contributed by atoms with Crippen LogP contribution in [0.25, 0.3) is 0 Å². The number of hydrogen-bond donors (Lipinski definition) is 2. The summed E-state index contributed by atoms with van der Waals surface area (Å²) in [5.74, 6) is -1.20. The van der Waals surface area contributed by atoms with Crippen molar-refractivity contribution in [2.24, 2.45) is 5.73 Å². The van der Waals surface area contributed by atoms with Crippen LogP contribution in [-0.2, 0) is 9.53 Å². The van der Waals surface area contributed by atoms with Gasteiger partial charge in [-0.05, 0) is 33.6 Å². The van der Waals surface area contributed by atoms with Crippen molar-refractivity contribution in [1.82, 2.24) is 4.90 Å². The molecule has 0 radical (unpaired) electrons. The Balaban J connectivity index is 2.80. The molecule has 1 aliphatic rings. The number of rotatable bonds is 1. The van der Waals surface area contributed by atoms with Crippen LogP contribution >= 0.6 is 0 Å². The molecule has 16 heavy (non-hydrogen) atoms. The Morgan fingerprint density at radius 1 is 1.44 bits per heavy atom. The predicted molar refractivity (Wildman–Crippen MR) is 56.7 cm³/mol. The van der Waals surface area contributed by atoms with Gasteiger partial charge in [-0.2, -0.15) is 0 Å². The van der Waals surface area contributed by atoms with E-state index in [2.05, 4.69) is 0 Å². The minimum Gasteiger partial charge on any atom is -0.478 e. The zero-order valence-corrected chi connectivity index (χ0v) is 9.82. The normalized spacial score (nSPS) is 25.6. The molecule has 1 fully saturated rings. The Bertz CT molecular complexity index is 310. The fourth-order valence-electron chi connectivity index (χ4n) is 1.63. The van der Waals surface area contributed by atoms with E-state index >= 15 is 0 Å². The number of ether oxygens (including phenoxy) is 1. The van der Waals surface area contributed by atoms with Gasteiger partial charge >= 0.3 is 12.1 Å². The first-order valence-corrected chi connectivity index (χ1v) is 5.20. The summed E-state index contributed by atoms with van der Waals surface area (Å²) in [5.41, 5.74) is 3.42. The summed E-state index contributed by atoms with van der Waals surface area (Å²) in [6.07, 6.45) is 0.152. The summed E-state index contributed by atoms with van der Waals surface area (Å²) in [4.78, 5) is 23.9. The highest BCUT2D eigenvalue weighted by atomic mass is 16.6. The van der Waals surface area contributed by atoms with Crippen molar-refractivity contribution in [3.05, 3.63) is 0 Å². The molecule has 0 aromatic rings. The van der Waals surface area contributed by atoms with Gasteiger partial charge in [0.05, 0.1) is 0 Å². The molecule has 1 saturated heterocycles. The number of aliphatic carboxylic acids is 1. The number of likely N-dealkylation sites (tertiary alicyclic amines) is 1. The summed E-state index contributed by atoms with van der Waals surface area (Å²) in [5, 5.41) is 9.02. The van der Waals surface area contributed by atoms with Crippen LogP contribution in [0.2, 0.25) is 0 Å². The number of carboxylic acids is 1. The Labute approximate surface area is 94.3 Å². The van der Waals surface area contributed by atoms with Crippen molar-refractivity contribution in [3.63, 3.8) is 0 Å². The first-order valence-electron chi connectivity index (χ1n) is 5.20. The number of amides is 1. The van der Waals surface area contributed by atoms with Crippen molar-refractivity contribution in [2.75, 3.05) is 6.54 Å². The van der Waals surface area contributed by atoms with E-state index in [0.29, 0.717) is 13.0 Å². The van der Waals surface area contributed by atoms with Gasteiger partial charge in [0.2, 0.25) is 0 Å². The second-order valence-electron chi connectivity index (χ2n) is 4.96. The molecule has 6 nitrogen and oxygen atoms in total. The standard InChI is InChI=1S/C10H18N2O4/c1-9(2,3)16-8(15)12-6-4-5-10(12,11)7(13)14/h4-6,11H2,1-3H3,(H,13,14). The lowest BCUT2D eigenvalue weighted by Gasteiger charge is -2.32. The summed E-state index contributed by atoms with van der Waals surface area (Å²) in [7, 11) is 0. The smallest absolute Gasteiger partial charge is 0.412 e. The van der Waals surface area contributed by atoms with Crippen LogP contribution in [0, 0.1) is 0 Å². The summed E-state index contributed by atoms with van der Waals surface area (Å²) in [6, 6.07) is 0. The molecule has 0 spiro atoms. The molecule has 6 heteroatoms. The Kier molecular flexibility index (Phi) is 3.14. The third-order valence-corrected chi connectivity index (χ3v) is 2.41. The Morgan fingerprint density at radius 2 is 2.00 bits per heavy atom. The van der Waals surface area contributed by atoms with E-state index in [-0.39, 0.29) is 6.42 Å². The fraction of sp³-hybridized carbons (Fsp3) is 0.800. The van der Waals surface area contributed by atoms with Crippen LogP contribution < -0.4 is 5.73 Å². The summed E-state index contributed by atoms with van der Waals surface area (Å²) in [6.45, 7) is 5.48. The number of nitrogens with zero attached hydrogens (tertiary/aromatic N) is 1. The number of carbonyl (C=O) groups excluding carboxylic acids is 1. The van der Waals surface area contributed by atoms with Gasteiger partial charge < -0.3 is 9.84 Å². The van der Waals surface area contributed by atoms with Crippen LogP contribution in [0.1, 0.15) is 33.6 Å². The van der Waals surface area contributed by atoms with Crippen LogP contribution in [0.4, 0.5) is 4.79 Å². The van der Waals surface area contributed by atoms with Gasteiger partial charge in [-0.15, -0.1) is 0 Å².